The van der Waals surface area contributed by atoms with Gasteiger partial charge in [0, 0.05) is 18.8 Å². The zero-order chi connectivity index (χ0) is 18.9. The molecule has 4 heteroatoms. The number of anilines is 2. The minimum Gasteiger partial charge on any atom is -0.497 e. The zero-order valence-electron chi connectivity index (χ0n) is 15.8. The van der Waals surface area contributed by atoms with Crippen molar-refractivity contribution in [2.45, 2.75) is 13.5 Å². The first-order chi connectivity index (χ1) is 13.3. The van der Waals surface area contributed by atoms with Gasteiger partial charge in [0.2, 0.25) is 0 Å². The molecule has 0 saturated heterocycles. The van der Waals surface area contributed by atoms with E-state index in [1.54, 1.807) is 7.11 Å². The van der Waals surface area contributed by atoms with Gasteiger partial charge in [-0.2, -0.15) is 5.10 Å². The highest BCUT2D eigenvalue weighted by molar-refractivity contribution is 5.81. The van der Waals surface area contributed by atoms with E-state index in [2.05, 4.69) is 70.9 Å². The highest BCUT2D eigenvalue weighted by Crippen LogP contribution is 2.18. The summed E-state index contributed by atoms with van der Waals surface area (Å²) in [6, 6.07) is 26.7. The van der Waals surface area contributed by atoms with Crippen molar-refractivity contribution in [2.75, 3.05) is 24.0 Å². The van der Waals surface area contributed by atoms with E-state index in [1.165, 1.54) is 11.3 Å². The minimum atomic E-state index is 0.830. The van der Waals surface area contributed by atoms with E-state index in [4.69, 9.17) is 4.74 Å². The summed E-state index contributed by atoms with van der Waals surface area (Å²) in [6.45, 7) is 4.04. The van der Waals surface area contributed by atoms with Gasteiger partial charge in [-0.05, 0) is 54.4 Å². The molecule has 0 aliphatic heterocycles. The molecule has 0 aliphatic carbocycles. The summed E-state index contributed by atoms with van der Waals surface area (Å²) in [7, 11) is 1.66. The molecule has 0 aromatic heterocycles. The Morgan fingerprint density at radius 1 is 0.926 bits per heavy atom. The van der Waals surface area contributed by atoms with Gasteiger partial charge in [-0.25, -0.2) is 0 Å². The number of nitrogens with zero attached hydrogens (tertiary/aromatic N) is 2. The fraction of sp³-hybridized carbons (Fsp3) is 0.174. The predicted octanol–water partition coefficient (Wildman–Crippen LogP) is 5.17. The summed E-state index contributed by atoms with van der Waals surface area (Å²) in [5.74, 6) is 0.830. The number of nitrogens with one attached hydrogen (secondary N) is 1. The van der Waals surface area contributed by atoms with E-state index in [-0.39, 0.29) is 0 Å². The number of hydrogen-bond donors (Lipinski definition) is 1. The number of hydrogen-bond acceptors (Lipinski definition) is 4. The molecule has 3 rings (SSSR count). The van der Waals surface area contributed by atoms with Crippen molar-refractivity contribution in [3.8, 4) is 5.75 Å². The lowest BCUT2D eigenvalue weighted by Crippen LogP contribution is -2.21. The first-order valence-corrected chi connectivity index (χ1v) is 9.10. The average Bonchev–Trinajstić information content (AvgIpc) is 2.74. The average molecular weight is 359 g/mol. The van der Waals surface area contributed by atoms with Crippen LogP contribution in [-0.2, 0) is 6.54 Å². The molecular weight excluding hydrogens is 334 g/mol. The summed E-state index contributed by atoms with van der Waals surface area (Å²) in [4.78, 5) is 2.35. The molecule has 3 aromatic rings. The van der Waals surface area contributed by atoms with Crippen LogP contribution in [0.3, 0.4) is 0 Å². The Balaban J connectivity index is 1.60. The second-order valence-corrected chi connectivity index (χ2v) is 6.19. The summed E-state index contributed by atoms with van der Waals surface area (Å²) >= 11 is 0. The van der Waals surface area contributed by atoms with Crippen molar-refractivity contribution in [3.63, 3.8) is 0 Å². The van der Waals surface area contributed by atoms with Crippen LogP contribution >= 0.6 is 0 Å². The van der Waals surface area contributed by atoms with Crippen LogP contribution in [0.4, 0.5) is 11.4 Å². The SMILES string of the molecule is CCN(Cc1ccccc1)c1ccc(/C=N/Nc2ccc(OC)cc2)cc1. The normalized spacial score (nSPS) is 10.7. The number of benzene rings is 3. The van der Waals surface area contributed by atoms with Gasteiger partial charge in [0.1, 0.15) is 5.75 Å². The first kappa shape index (κ1) is 18.5. The molecule has 4 nitrogen and oxygen atoms in total. The third kappa shape index (κ3) is 5.35. The Morgan fingerprint density at radius 2 is 1.63 bits per heavy atom. The third-order valence-electron chi connectivity index (χ3n) is 4.35. The van der Waals surface area contributed by atoms with Crippen molar-refractivity contribution in [1.82, 2.24) is 0 Å². The van der Waals surface area contributed by atoms with E-state index in [9.17, 15) is 0 Å². The highest BCUT2D eigenvalue weighted by atomic mass is 16.5. The summed E-state index contributed by atoms with van der Waals surface area (Å²) in [5, 5.41) is 4.30. The lowest BCUT2D eigenvalue weighted by atomic mass is 10.1. The van der Waals surface area contributed by atoms with Crippen molar-refractivity contribution in [3.05, 3.63) is 90.0 Å². The Morgan fingerprint density at radius 3 is 2.26 bits per heavy atom. The van der Waals surface area contributed by atoms with Crippen molar-refractivity contribution in [1.29, 1.82) is 0 Å². The molecule has 0 bridgehead atoms. The molecular formula is C23H25N3O. The lowest BCUT2D eigenvalue weighted by molar-refractivity contribution is 0.415. The maximum atomic E-state index is 5.15. The third-order valence-corrected chi connectivity index (χ3v) is 4.35. The zero-order valence-corrected chi connectivity index (χ0v) is 15.8. The van der Waals surface area contributed by atoms with Gasteiger partial charge < -0.3 is 9.64 Å². The number of rotatable bonds is 8. The van der Waals surface area contributed by atoms with Gasteiger partial charge in [0.05, 0.1) is 19.0 Å². The summed E-state index contributed by atoms with van der Waals surface area (Å²) in [6.07, 6.45) is 1.82. The fourth-order valence-electron chi connectivity index (χ4n) is 2.81. The Bertz CT molecular complexity index is 843. The van der Waals surface area contributed by atoms with Gasteiger partial charge >= 0.3 is 0 Å². The van der Waals surface area contributed by atoms with Crippen LogP contribution < -0.4 is 15.1 Å². The van der Waals surface area contributed by atoms with Crippen molar-refractivity contribution in [2.24, 2.45) is 5.10 Å². The molecule has 0 saturated carbocycles. The molecule has 0 amide bonds. The van der Waals surface area contributed by atoms with Crippen LogP contribution in [0.1, 0.15) is 18.1 Å². The van der Waals surface area contributed by atoms with Gasteiger partial charge in [0.15, 0.2) is 0 Å². The van der Waals surface area contributed by atoms with Gasteiger partial charge in [-0.15, -0.1) is 0 Å². The maximum absolute atomic E-state index is 5.15. The van der Waals surface area contributed by atoms with Crippen LogP contribution in [0, 0.1) is 0 Å². The fourth-order valence-corrected chi connectivity index (χ4v) is 2.81. The maximum Gasteiger partial charge on any atom is 0.119 e. The standard InChI is InChI=1S/C23H25N3O/c1-3-26(18-20-7-5-4-6-8-20)22-13-9-19(10-14-22)17-24-25-21-11-15-23(27-2)16-12-21/h4-17,25H,3,18H2,1-2H3/b24-17+. The van der Waals surface area contributed by atoms with E-state index in [0.29, 0.717) is 0 Å². The van der Waals surface area contributed by atoms with Crippen LogP contribution in [0.2, 0.25) is 0 Å². The largest absolute Gasteiger partial charge is 0.497 e. The second-order valence-electron chi connectivity index (χ2n) is 6.19. The molecule has 138 valence electrons. The van der Waals surface area contributed by atoms with Crippen molar-refractivity contribution >= 4 is 17.6 Å². The smallest absolute Gasteiger partial charge is 0.119 e. The number of hydrazone groups is 1. The van der Waals surface area contributed by atoms with E-state index in [0.717, 1.165) is 30.1 Å². The van der Waals surface area contributed by atoms with Crippen LogP contribution in [-0.4, -0.2) is 19.9 Å². The Labute approximate surface area is 161 Å². The molecule has 0 aliphatic rings. The van der Waals surface area contributed by atoms with Crippen LogP contribution in [0.25, 0.3) is 0 Å². The topological polar surface area (TPSA) is 36.9 Å². The molecule has 27 heavy (non-hydrogen) atoms. The highest BCUT2D eigenvalue weighted by Gasteiger charge is 2.05. The van der Waals surface area contributed by atoms with Crippen LogP contribution in [0.5, 0.6) is 5.75 Å². The van der Waals surface area contributed by atoms with Gasteiger partial charge in [0.25, 0.3) is 0 Å². The minimum absolute atomic E-state index is 0.830. The Kier molecular flexibility index (Phi) is 6.47. The predicted molar refractivity (Wildman–Crippen MR) is 114 cm³/mol. The first-order valence-electron chi connectivity index (χ1n) is 9.10. The number of ether oxygens (including phenoxy) is 1. The lowest BCUT2D eigenvalue weighted by Gasteiger charge is -2.23. The van der Waals surface area contributed by atoms with Gasteiger partial charge in [-0.1, -0.05) is 42.5 Å². The van der Waals surface area contributed by atoms with E-state index in [1.807, 2.05) is 36.5 Å². The van der Waals surface area contributed by atoms with Gasteiger partial charge in [-0.3, -0.25) is 5.43 Å². The molecule has 0 atom stereocenters. The molecule has 0 unspecified atom stereocenters. The monoisotopic (exact) mass is 359 g/mol. The number of methoxy groups -OCH3 is 1. The van der Waals surface area contributed by atoms with Crippen molar-refractivity contribution < 1.29 is 4.74 Å². The summed E-state index contributed by atoms with van der Waals surface area (Å²) in [5.41, 5.74) is 7.52. The molecule has 0 fully saturated rings. The van der Waals surface area contributed by atoms with E-state index < -0.39 is 0 Å². The molecule has 0 heterocycles. The second kappa shape index (κ2) is 9.43. The molecule has 0 radical (unpaired) electrons. The van der Waals surface area contributed by atoms with E-state index >= 15 is 0 Å². The molecule has 3 aromatic carbocycles. The Hall–Kier alpha value is -3.27. The quantitative estimate of drug-likeness (QED) is 0.445. The van der Waals surface area contributed by atoms with Crippen LogP contribution in [0.15, 0.2) is 84.0 Å². The molecule has 0 spiro atoms. The molecule has 1 N–H and O–H groups in total. The summed E-state index contributed by atoms with van der Waals surface area (Å²) < 4.78 is 5.15.